The molecular formula is C7H7N3S. The highest BCUT2D eigenvalue weighted by Crippen LogP contribution is 2.23. The van der Waals surface area contributed by atoms with Gasteiger partial charge in [-0.1, -0.05) is 0 Å². The SMILES string of the molecule is N#CSc1ccc(N)c(N)c1. The molecule has 56 valence electrons. The van der Waals surface area contributed by atoms with Crippen LogP contribution in [0.4, 0.5) is 11.4 Å². The van der Waals surface area contributed by atoms with Gasteiger partial charge in [0.25, 0.3) is 0 Å². The van der Waals surface area contributed by atoms with Gasteiger partial charge in [0.05, 0.1) is 11.4 Å². The summed E-state index contributed by atoms with van der Waals surface area (Å²) in [6.07, 6.45) is 0. The second-order valence-electron chi connectivity index (χ2n) is 1.98. The fourth-order valence-corrected chi connectivity index (χ4v) is 1.10. The van der Waals surface area contributed by atoms with E-state index in [0.717, 1.165) is 16.7 Å². The minimum Gasteiger partial charge on any atom is -0.397 e. The van der Waals surface area contributed by atoms with E-state index in [1.165, 1.54) is 0 Å². The zero-order chi connectivity index (χ0) is 8.27. The van der Waals surface area contributed by atoms with Gasteiger partial charge in [-0.2, -0.15) is 5.26 Å². The number of thiocyanates is 1. The maximum absolute atomic E-state index is 8.32. The summed E-state index contributed by atoms with van der Waals surface area (Å²) in [4.78, 5) is 0.819. The van der Waals surface area contributed by atoms with Crippen molar-refractivity contribution in [1.82, 2.24) is 0 Å². The molecule has 4 heteroatoms. The van der Waals surface area contributed by atoms with Crippen molar-refractivity contribution in [3.05, 3.63) is 18.2 Å². The lowest BCUT2D eigenvalue weighted by Gasteiger charge is -1.99. The Hall–Kier alpha value is -1.34. The number of hydrogen-bond donors (Lipinski definition) is 2. The number of anilines is 2. The van der Waals surface area contributed by atoms with Crippen molar-refractivity contribution < 1.29 is 0 Å². The Kier molecular flexibility index (Phi) is 2.24. The molecule has 0 aliphatic heterocycles. The fourth-order valence-electron chi connectivity index (χ4n) is 0.669. The first-order valence-electron chi connectivity index (χ1n) is 2.95. The highest BCUT2D eigenvalue weighted by Gasteiger charge is 1.96. The molecule has 0 radical (unpaired) electrons. The van der Waals surface area contributed by atoms with Crippen LogP contribution in [-0.4, -0.2) is 0 Å². The summed E-state index contributed by atoms with van der Waals surface area (Å²) in [5.41, 5.74) is 12.0. The Balaban J connectivity index is 2.98. The summed E-state index contributed by atoms with van der Waals surface area (Å²) in [6.45, 7) is 0. The number of nitriles is 1. The molecule has 0 amide bonds. The third kappa shape index (κ3) is 1.79. The Labute approximate surface area is 69.0 Å². The van der Waals surface area contributed by atoms with E-state index in [1.54, 1.807) is 18.2 Å². The lowest BCUT2D eigenvalue weighted by Crippen LogP contribution is -1.93. The van der Waals surface area contributed by atoms with E-state index in [2.05, 4.69) is 0 Å². The highest BCUT2D eigenvalue weighted by atomic mass is 32.2. The molecule has 11 heavy (non-hydrogen) atoms. The lowest BCUT2D eigenvalue weighted by molar-refractivity contribution is 1.47. The predicted molar refractivity (Wildman–Crippen MR) is 46.7 cm³/mol. The van der Waals surface area contributed by atoms with Crippen molar-refractivity contribution >= 4 is 23.1 Å². The average molecular weight is 165 g/mol. The van der Waals surface area contributed by atoms with E-state index in [-0.39, 0.29) is 0 Å². The summed E-state index contributed by atoms with van der Waals surface area (Å²) >= 11 is 1.07. The van der Waals surface area contributed by atoms with Crippen LogP contribution in [0.15, 0.2) is 23.1 Å². The van der Waals surface area contributed by atoms with Gasteiger partial charge in [0.1, 0.15) is 5.40 Å². The molecule has 0 saturated carbocycles. The van der Waals surface area contributed by atoms with Crippen LogP contribution < -0.4 is 11.5 Å². The van der Waals surface area contributed by atoms with Crippen LogP contribution in [0.2, 0.25) is 0 Å². The Morgan fingerprint density at radius 1 is 1.27 bits per heavy atom. The minimum atomic E-state index is 0.519. The third-order valence-corrected chi connectivity index (χ3v) is 1.80. The van der Waals surface area contributed by atoms with Gasteiger partial charge in [-0.25, -0.2) is 0 Å². The number of nitrogens with two attached hydrogens (primary N) is 2. The standard InChI is InChI=1S/C7H7N3S/c8-4-11-5-1-2-6(9)7(10)3-5/h1-3H,9-10H2. The monoisotopic (exact) mass is 165 g/mol. The first kappa shape index (κ1) is 7.76. The molecule has 0 aliphatic rings. The molecular weight excluding hydrogens is 158 g/mol. The van der Waals surface area contributed by atoms with Crippen LogP contribution in [0, 0.1) is 10.7 Å². The van der Waals surface area contributed by atoms with Crippen LogP contribution in [0.1, 0.15) is 0 Å². The third-order valence-electron chi connectivity index (χ3n) is 1.22. The van der Waals surface area contributed by atoms with Gasteiger partial charge < -0.3 is 11.5 Å². The van der Waals surface area contributed by atoms with Crippen molar-refractivity contribution in [3.8, 4) is 5.40 Å². The highest BCUT2D eigenvalue weighted by molar-refractivity contribution is 8.03. The Bertz CT molecular complexity index is 303. The van der Waals surface area contributed by atoms with E-state index in [1.807, 2.05) is 5.40 Å². The van der Waals surface area contributed by atoms with Crippen LogP contribution in [0.25, 0.3) is 0 Å². The quantitative estimate of drug-likeness (QED) is 0.375. The van der Waals surface area contributed by atoms with Crippen LogP contribution >= 0.6 is 11.8 Å². The Morgan fingerprint density at radius 2 is 2.00 bits per heavy atom. The zero-order valence-electron chi connectivity index (χ0n) is 5.74. The normalized spacial score (nSPS) is 9.00. The number of nitrogens with zero attached hydrogens (tertiary/aromatic N) is 1. The minimum absolute atomic E-state index is 0.519. The summed E-state index contributed by atoms with van der Waals surface area (Å²) in [6, 6.07) is 5.14. The number of rotatable bonds is 1. The van der Waals surface area contributed by atoms with Gasteiger partial charge in [0.2, 0.25) is 0 Å². The second-order valence-corrected chi connectivity index (χ2v) is 2.84. The van der Waals surface area contributed by atoms with Crippen molar-refractivity contribution in [1.29, 1.82) is 5.26 Å². The molecule has 1 rings (SSSR count). The van der Waals surface area contributed by atoms with Crippen LogP contribution in [0.5, 0.6) is 0 Å². The molecule has 0 unspecified atom stereocenters. The smallest absolute Gasteiger partial charge is 0.138 e. The molecule has 0 fully saturated rings. The molecule has 0 heterocycles. The van der Waals surface area contributed by atoms with Gasteiger partial charge in [0, 0.05) is 4.90 Å². The number of nitrogen functional groups attached to an aromatic ring is 2. The van der Waals surface area contributed by atoms with Gasteiger partial charge in [0.15, 0.2) is 0 Å². The molecule has 3 nitrogen and oxygen atoms in total. The van der Waals surface area contributed by atoms with E-state index < -0.39 is 0 Å². The number of benzene rings is 1. The molecule has 0 saturated heterocycles. The molecule has 0 bridgehead atoms. The van der Waals surface area contributed by atoms with E-state index >= 15 is 0 Å². The summed E-state index contributed by atoms with van der Waals surface area (Å²) in [5, 5.41) is 10.3. The first-order chi connectivity index (χ1) is 5.24. The maximum Gasteiger partial charge on any atom is 0.138 e. The average Bonchev–Trinajstić information content (AvgIpc) is 1.98. The van der Waals surface area contributed by atoms with Crippen molar-refractivity contribution in [2.45, 2.75) is 4.90 Å². The molecule has 4 N–H and O–H groups in total. The fraction of sp³-hybridized carbons (Fsp3) is 0. The molecule has 1 aromatic rings. The van der Waals surface area contributed by atoms with Gasteiger partial charge in [-0.05, 0) is 30.0 Å². The number of thioether (sulfide) groups is 1. The summed E-state index contributed by atoms with van der Waals surface area (Å²) in [5.74, 6) is 0. The number of hydrogen-bond acceptors (Lipinski definition) is 4. The van der Waals surface area contributed by atoms with Crippen molar-refractivity contribution in [2.24, 2.45) is 0 Å². The Morgan fingerprint density at radius 3 is 2.55 bits per heavy atom. The summed E-state index contributed by atoms with van der Waals surface area (Å²) < 4.78 is 0. The van der Waals surface area contributed by atoms with Gasteiger partial charge in [-0.3, -0.25) is 0 Å². The van der Waals surface area contributed by atoms with Gasteiger partial charge in [-0.15, -0.1) is 0 Å². The molecule has 0 aliphatic carbocycles. The van der Waals surface area contributed by atoms with E-state index in [4.69, 9.17) is 16.7 Å². The molecule has 0 aromatic heterocycles. The lowest BCUT2D eigenvalue weighted by atomic mass is 10.3. The maximum atomic E-state index is 8.32. The van der Waals surface area contributed by atoms with Crippen molar-refractivity contribution in [2.75, 3.05) is 11.5 Å². The summed E-state index contributed by atoms with van der Waals surface area (Å²) in [7, 11) is 0. The second kappa shape index (κ2) is 3.17. The molecule has 0 atom stereocenters. The first-order valence-corrected chi connectivity index (χ1v) is 3.76. The van der Waals surface area contributed by atoms with Crippen LogP contribution in [-0.2, 0) is 0 Å². The van der Waals surface area contributed by atoms with Crippen molar-refractivity contribution in [3.63, 3.8) is 0 Å². The topological polar surface area (TPSA) is 75.8 Å². The zero-order valence-corrected chi connectivity index (χ0v) is 6.56. The van der Waals surface area contributed by atoms with Crippen LogP contribution in [0.3, 0.4) is 0 Å². The predicted octanol–water partition coefficient (Wildman–Crippen LogP) is 1.42. The molecule has 0 spiro atoms. The molecule has 1 aromatic carbocycles. The van der Waals surface area contributed by atoms with Gasteiger partial charge >= 0.3 is 0 Å². The largest absolute Gasteiger partial charge is 0.397 e. The van der Waals surface area contributed by atoms with E-state index in [9.17, 15) is 0 Å². The van der Waals surface area contributed by atoms with E-state index in [0.29, 0.717) is 11.4 Å².